The Morgan fingerprint density at radius 3 is 2.52 bits per heavy atom. The van der Waals surface area contributed by atoms with Gasteiger partial charge in [-0.2, -0.15) is 0 Å². The summed E-state index contributed by atoms with van der Waals surface area (Å²) in [7, 11) is 1.61. The number of rotatable bonds is 6. The van der Waals surface area contributed by atoms with E-state index in [0.29, 0.717) is 10.6 Å². The molecule has 0 aromatic heterocycles. The van der Waals surface area contributed by atoms with Gasteiger partial charge in [-0.3, -0.25) is 4.79 Å². The van der Waals surface area contributed by atoms with Crippen LogP contribution in [0.2, 0.25) is 5.02 Å². The summed E-state index contributed by atoms with van der Waals surface area (Å²) in [5, 5.41) is 3.25. The summed E-state index contributed by atoms with van der Waals surface area (Å²) in [4.78, 5) is 12.2. The molecule has 0 aliphatic heterocycles. The Balaban J connectivity index is 2.04. The van der Waals surface area contributed by atoms with Crippen LogP contribution >= 0.6 is 11.6 Å². The maximum Gasteiger partial charge on any atom is 0.225 e. The summed E-state index contributed by atoms with van der Waals surface area (Å²) in [6.07, 6.45) is 0.719. The highest BCUT2D eigenvalue weighted by Crippen LogP contribution is 2.21. The Morgan fingerprint density at radius 1 is 1.26 bits per heavy atom. The minimum Gasteiger partial charge on any atom is -0.497 e. The van der Waals surface area contributed by atoms with Crippen molar-refractivity contribution in [1.82, 2.24) is 5.32 Å². The SMILES string of the molecule is CCC(NC(=O)Cc1ccc(Cl)cc1F)c1ccc(OC)cc1. The van der Waals surface area contributed by atoms with Crippen LogP contribution in [0.1, 0.15) is 30.5 Å². The lowest BCUT2D eigenvalue weighted by atomic mass is 10.0. The number of amides is 1. The van der Waals surface area contributed by atoms with Crippen LogP contribution < -0.4 is 10.1 Å². The van der Waals surface area contributed by atoms with Gasteiger partial charge in [-0.05, 0) is 41.8 Å². The average Bonchev–Trinajstić information content (AvgIpc) is 2.55. The normalized spacial score (nSPS) is 11.8. The van der Waals surface area contributed by atoms with Gasteiger partial charge in [0.1, 0.15) is 11.6 Å². The van der Waals surface area contributed by atoms with E-state index >= 15 is 0 Å². The zero-order valence-electron chi connectivity index (χ0n) is 13.1. The molecule has 23 heavy (non-hydrogen) atoms. The topological polar surface area (TPSA) is 38.3 Å². The van der Waals surface area contributed by atoms with Crippen molar-refractivity contribution in [3.8, 4) is 5.75 Å². The van der Waals surface area contributed by atoms with Crippen LogP contribution in [0.25, 0.3) is 0 Å². The van der Waals surface area contributed by atoms with Gasteiger partial charge in [-0.25, -0.2) is 4.39 Å². The second-order valence-corrected chi connectivity index (χ2v) is 5.65. The molecule has 0 saturated heterocycles. The van der Waals surface area contributed by atoms with Gasteiger partial charge in [0, 0.05) is 5.02 Å². The highest BCUT2D eigenvalue weighted by molar-refractivity contribution is 6.30. The van der Waals surface area contributed by atoms with Crippen molar-refractivity contribution >= 4 is 17.5 Å². The Morgan fingerprint density at radius 2 is 1.96 bits per heavy atom. The largest absolute Gasteiger partial charge is 0.497 e. The zero-order valence-corrected chi connectivity index (χ0v) is 13.9. The van der Waals surface area contributed by atoms with Crippen molar-refractivity contribution < 1.29 is 13.9 Å². The summed E-state index contributed by atoms with van der Waals surface area (Å²) < 4.78 is 18.9. The number of hydrogen-bond acceptors (Lipinski definition) is 2. The van der Waals surface area contributed by atoms with E-state index in [1.807, 2.05) is 31.2 Å². The first kappa shape index (κ1) is 17.3. The van der Waals surface area contributed by atoms with Crippen molar-refractivity contribution in [1.29, 1.82) is 0 Å². The maximum atomic E-state index is 13.8. The molecule has 2 aromatic carbocycles. The van der Waals surface area contributed by atoms with Crippen LogP contribution in [0.3, 0.4) is 0 Å². The van der Waals surface area contributed by atoms with E-state index in [9.17, 15) is 9.18 Å². The Kier molecular flexibility index (Phi) is 5.99. The molecule has 1 unspecified atom stereocenters. The molecule has 2 aromatic rings. The fourth-order valence-corrected chi connectivity index (χ4v) is 2.50. The highest BCUT2D eigenvalue weighted by Gasteiger charge is 2.15. The van der Waals surface area contributed by atoms with Crippen molar-refractivity contribution in [3.63, 3.8) is 0 Å². The molecule has 1 N–H and O–H groups in total. The van der Waals surface area contributed by atoms with Crippen molar-refractivity contribution in [2.24, 2.45) is 0 Å². The van der Waals surface area contributed by atoms with E-state index in [0.717, 1.165) is 17.7 Å². The van der Waals surface area contributed by atoms with Crippen LogP contribution in [0, 0.1) is 5.82 Å². The first-order valence-electron chi connectivity index (χ1n) is 7.40. The quantitative estimate of drug-likeness (QED) is 0.854. The number of nitrogens with one attached hydrogen (secondary N) is 1. The fourth-order valence-electron chi connectivity index (χ4n) is 2.34. The van der Waals surface area contributed by atoms with Gasteiger partial charge in [0.05, 0.1) is 19.6 Å². The van der Waals surface area contributed by atoms with Crippen molar-refractivity contribution in [2.75, 3.05) is 7.11 Å². The molecule has 0 spiro atoms. The monoisotopic (exact) mass is 335 g/mol. The summed E-state index contributed by atoms with van der Waals surface area (Å²) in [6.45, 7) is 1.98. The lowest BCUT2D eigenvalue weighted by Crippen LogP contribution is -2.29. The molecule has 0 aliphatic carbocycles. The standard InChI is InChI=1S/C18H19ClFNO2/c1-3-17(12-5-8-15(23-2)9-6-12)21-18(22)10-13-4-7-14(19)11-16(13)20/h4-9,11,17H,3,10H2,1-2H3,(H,21,22). The van der Waals surface area contributed by atoms with Crippen LogP contribution in [-0.4, -0.2) is 13.0 Å². The summed E-state index contributed by atoms with van der Waals surface area (Å²) >= 11 is 5.71. The lowest BCUT2D eigenvalue weighted by molar-refractivity contribution is -0.121. The Bertz CT molecular complexity index is 673. The molecule has 0 bridgehead atoms. The molecule has 3 nitrogen and oxygen atoms in total. The van der Waals surface area contributed by atoms with Gasteiger partial charge < -0.3 is 10.1 Å². The number of methoxy groups -OCH3 is 1. The molecule has 1 atom stereocenters. The third kappa shape index (κ3) is 4.70. The molecule has 0 fully saturated rings. The third-order valence-electron chi connectivity index (χ3n) is 3.63. The number of ether oxygens (including phenoxy) is 1. The van der Waals surface area contributed by atoms with Crippen LogP contribution in [-0.2, 0) is 11.2 Å². The van der Waals surface area contributed by atoms with E-state index in [-0.39, 0.29) is 18.4 Å². The van der Waals surface area contributed by atoms with E-state index in [1.165, 1.54) is 12.1 Å². The van der Waals surface area contributed by atoms with E-state index in [4.69, 9.17) is 16.3 Å². The molecule has 5 heteroatoms. The van der Waals surface area contributed by atoms with Gasteiger partial charge in [0.2, 0.25) is 5.91 Å². The molecule has 0 radical (unpaired) electrons. The van der Waals surface area contributed by atoms with E-state index in [1.54, 1.807) is 13.2 Å². The first-order valence-corrected chi connectivity index (χ1v) is 7.78. The van der Waals surface area contributed by atoms with Gasteiger partial charge >= 0.3 is 0 Å². The molecular weight excluding hydrogens is 317 g/mol. The fraction of sp³-hybridized carbons (Fsp3) is 0.278. The van der Waals surface area contributed by atoms with E-state index in [2.05, 4.69) is 5.32 Å². The second-order valence-electron chi connectivity index (χ2n) is 5.21. The minimum atomic E-state index is -0.467. The summed E-state index contributed by atoms with van der Waals surface area (Å²) in [6, 6.07) is 11.7. The zero-order chi connectivity index (χ0) is 16.8. The van der Waals surface area contributed by atoms with Gasteiger partial charge in [-0.1, -0.05) is 36.7 Å². The Hall–Kier alpha value is -2.07. The molecule has 122 valence electrons. The third-order valence-corrected chi connectivity index (χ3v) is 3.86. The van der Waals surface area contributed by atoms with Gasteiger partial charge in [0.25, 0.3) is 0 Å². The van der Waals surface area contributed by atoms with Crippen molar-refractivity contribution in [2.45, 2.75) is 25.8 Å². The molecule has 0 aliphatic rings. The van der Waals surface area contributed by atoms with Crippen LogP contribution in [0.4, 0.5) is 4.39 Å². The number of halogens is 2. The second kappa shape index (κ2) is 7.97. The molecule has 1 amide bonds. The van der Waals surface area contributed by atoms with Crippen molar-refractivity contribution in [3.05, 3.63) is 64.4 Å². The van der Waals surface area contributed by atoms with Crippen LogP contribution in [0.5, 0.6) is 5.75 Å². The van der Waals surface area contributed by atoms with E-state index < -0.39 is 5.82 Å². The maximum absolute atomic E-state index is 13.8. The van der Waals surface area contributed by atoms with Gasteiger partial charge in [-0.15, -0.1) is 0 Å². The average molecular weight is 336 g/mol. The molecule has 0 saturated carbocycles. The Labute approximate surface area is 140 Å². The lowest BCUT2D eigenvalue weighted by Gasteiger charge is -2.18. The summed E-state index contributed by atoms with van der Waals surface area (Å²) in [5.41, 5.74) is 1.31. The molecule has 0 heterocycles. The number of benzene rings is 2. The smallest absolute Gasteiger partial charge is 0.225 e. The van der Waals surface area contributed by atoms with Crippen LogP contribution in [0.15, 0.2) is 42.5 Å². The van der Waals surface area contributed by atoms with Gasteiger partial charge in [0.15, 0.2) is 0 Å². The predicted octanol–water partition coefficient (Wildman–Crippen LogP) is 4.30. The number of carbonyl (C=O) groups is 1. The molecule has 2 rings (SSSR count). The predicted molar refractivity (Wildman–Crippen MR) is 89.3 cm³/mol. The minimum absolute atomic E-state index is 0.0182. The molecular formula is C18H19ClFNO2. The summed E-state index contributed by atoms with van der Waals surface area (Å²) in [5.74, 6) is 0.0669. The number of hydrogen-bond donors (Lipinski definition) is 1. The highest BCUT2D eigenvalue weighted by atomic mass is 35.5. The number of carbonyl (C=O) groups excluding carboxylic acids is 1. The first-order chi connectivity index (χ1) is 11.0.